The molecule has 0 aliphatic carbocycles. The van der Waals surface area contributed by atoms with E-state index in [9.17, 15) is 4.79 Å². The van der Waals surface area contributed by atoms with Crippen molar-refractivity contribution in [1.29, 1.82) is 0 Å². The molecule has 1 aliphatic rings. The SMILES string of the molecule is O=C(NC1CCOc2ccc(Br)cc21)c1cccc(OCc2cscn2)c1. The number of amides is 1. The summed E-state index contributed by atoms with van der Waals surface area (Å²) in [6.07, 6.45) is 0.731. The minimum atomic E-state index is -0.132. The molecule has 0 saturated heterocycles. The molecule has 27 heavy (non-hydrogen) atoms. The Labute approximate surface area is 169 Å². The van der Waals surface area contributed by atoms with Crippen LogP contribution in [0.2, 0.25) is 0 Å². The number of halogens is 1. The number of hydrogen-bond acceptors (Lipinski definition) is 5. The Hall–Kier alpha value is -2.38. The van der Waals surface area contributed by atoms with Crippen molar-refractivity contribution in [2.24, 2.45) is 0 Å². The van der Waals surface area contributed by atoms with E-state index in [1.807, 2.05) is 35.7 Å². The average Bonchev–Trinajstić information content (AvgIpc) is 3.21. The van der Waals surface area contributed by atoms with Crippen molar-refractivity contribution >= 4 is 33.2 Å². The van der Waals surface area contributed by atoms with E-state index in [1.54, 1.807) is 17.6 Å². The first-order valence-electron chi connectivity index (χ1n) is 8.52. The Morgan fingerprint density at radius 3 is 3.11 bits per heavy atom. The van der Waals surface area contributed by atoms with Crippen LogP contribution in [0.1, 0.15) is 34.1 Å². The number of fused-ring (bicyclic) bond motifs is 1. The van der Waals surface area contributed by atoms with Crippen molar-refractivity contribution in [3.8, 4) is 11.5 Å². The fraction of sp³-hybridized carbons (Fsp3) is 0.200. The number of hydrogen-bond donors (Lipinski definition) is 1. The third kappa shape index (κ3) is 4.31. The predicted molar refractivity (Wildman–Crippen MR) is 107 cm³/mol. The van der Waals surface area contributed by atoms with Gasteiger partial charge in [0.2, 0.25) is 0 Å². The molecule has 1 aliphatic heterocycles. The minimum Gasteiger partial charge on any atom is -0.493 e. The number of nitrogens with one attached hydrogen (secondary N) is 1. The summed E-state index contributed by atoms with van der Waals surface area (Å²) < 4.78 is 12.4. The first-order valence-corrected chi connectivity index (χ1v) is 10.3. The molecule has 0 radical (unpaired) electrons. The molecule has 138 valence electrons. The largest absolute Gasteiger partial charge is 0.493 e. The van der Waals surface area contributed by atoms with E-state index in [-0.39, 0.29) is 11.9 Å². The van der Waals surface area contributed by atoms with E-state index in [2.05, 4.69) is 26.2 Å². The Morgan fingerprint density at radius 2 is 2.26 bits per heavy atom. The van der Waals surface area contributed by atoms with Crippen LogP contribution in [-0.2, 0) is 6.61 Å². The molecule has 5 nitrogen and oxygen atoms in total. The zero-order valence-electron chi connectivity index (χ0n) is 14.4. The molecule has 0 fully saturated rings. The van der Waals surface area contributed by atoms with E-state index >= 15 is 0 Å². The van der Waals surface area contributed by atoms with Crippen molar-refractivity contribution in [3.05, 3.63) is 74.6 Å². The second-order valence-electron chi connectivity index (χ2n) is 6.14. The summed E-state index contributed by atoms with van der Waals surface area (Å²) in [4.78, 5) is 17.0. The van der Waals surface area contributed by atoms with Crippen LogP contribution < -0.4 is 14.8 Å². The standard InChI is InChI=1S/C20H17BrN2O3S/c21-14-4-5-19-17(9-14)18(6-7-25-19)23-20(24)13-2-1-3-16(8-13)26-10-15-11-27-12-22-15/h1-5,8-9,11-12,18H,6-7,10H2,(H,23,24). The monoisotopic (exact) mass is 444 g/mol. The van der Waals surface area contributed by atoms with Gasteiger partial charge in [0.25, 0.3) is 5.91 Å². The number of thiazole rings is 1. The van der Waals surface area contributed by atoms with Crippen LogP contribution in [0.4, 0.5) is 0 Å². The van der Waals surface area contributed by atoms with Crippen molar-refractivity contribution in [2.45, 2.75) is 19.1 Å². The maximum Gasteiger partial charge on any atom is 0.251 e. The van der Waals surface area contributed by atoms with Crippen LogP contribution in [0.25, 0.3) is 0 Å². The molecule has 4 rings (SSSR count). The molecule has 2 aromatic carbocycles. The van der Waals surface area contributed by atoms with E-state index in [4.69, 9.17) is 9.47 Å². The Bertz CT molecular complexity index is 946. The zero-order chi connectivity index (χ0) is 18.6. The van der Waals surface area contributed by atoms with Gasteiger partial charge in [0.05, 0.1) is 23.9 Å². The normalized spacial score (nSPS) is 15.5. The molecule has 1 atom stereocenters. The highest BCUT2D eigenvalue weighted by molar-refractivity contribution is 9.10. The van der Waals surface area contributed by atoms with Gasteiger partial charge in [-0.1, -0.05) is 22.0 Å². The second kappa shape index (κ2) is 8.10. The molecule has 7 heteroatoms. The number of carbonyl (C=O) groups excluding carboxylic acids is 1. The maximum absolute atomic E-state index is 12.8. The molecule has 0 spiro atoms. The van der Waals surface area contributed by atoms with Gasteiger partial charge in [0.15, 0.2) is 0 Å². The van der Waals surface area contributed by atoms with Gasteiger partial charge in [-0.25, -0.2) is 4.98 Å². The summed E-state index contributed by atoms with van der Waals surface area (Å²) in [5.41, 5.74) is 4.19. The number of nitrogens with zero attached hydrogens (tertiary/aromatic N) is 1. The van der Waals surface area contributed by atoms with Crippen LogP contribution in [-0.4, -0.2) is 17.5 Å². The topological polar surface area (TPSA) is 60.5 Å². The number of ether oxygens (including phenoxy) is 2. The number of rotatable bonds is 5. The van der Waals surface area contributed by atoms with Gasteiger partial charge in [0, 0.05) is 27.4 Å². The number of benzene rings is 2. The van der Waals surface area contributed by atoms with Gasteiger partial charge in [-0.2, -0.15) is 0 Å². The quantitative estimate of drug-likeness (QED) is 0.617. The molecular formula is C20H17BrN2O3S. The molecular weight excluding hydrogens is 428 g/mol. The van der Waals surface area contributed by atoms with Crippen LogP contribution in [0.3, 0.4) is 0 Å². The fourth-order valence-corrected chi connectivity index (χ4v) is 3.87. The lowest BCUT2D eigenvalue weighted by atomic mass is 10.00. The van der Waals surface area contributed by atoms with Crippen molar-refractivity contribution in [1.82, 2.24) is 10.3 Å². The third-order valence-corrected chi connectivity index (χ3v) is 5.41. The van der Waals surface area contributed by atoms with E-state index in [0.717, 1.165) is 27.9 Å². The van der Waals surface area contributed by atoms with Gasteiger partial charge < -0.3 is 14.8 Å². The summed E-state index contributed by atoms with van der Waals surface area (Å²) >= 11 is 5.01. The van der Waals surface area contributed by atoms with Gasteiger partial charge in [-0.05, 0) is 36.4 Å². The van der Waals surface area contributed by atoms with Crippen LogP contribution in [0.15, 0.2) is 57.8 Å². The maximum atomic E-state index is 12.8. The van der Waals surface area contributed by atoms with Gasteiger partial charge in [-0.3, -0.25) is 4.79 Å². The van der Waals surface area contributed by atoms with Gasteiger partial charge in [0.1, 0.15) is 18.1 Å². The highest BCUT2D eigenvalue weighted by atomic mass is 79.9. The summed E-state index contributed by atoms with van der Waals surface area (Å²) in [5, 5.41) is 5.05. The lowest BCUT2D eigenvalue weighted by molar-refractivity contribution is 0.0924. The van der Waals surface area contributed by atoms with Crippen molar-refractivity contribution < 1.29 is 14.3 Å². The van der Waals surface area contributed by atoms with Gasteiger partial charge >= 0.3 is 0 Å². The number of carbonyl (C=O) groups is 1. The summed E-state index contributed by atoms with van der Waals surface area (Å²) in [6.45, 7) is 0.965. The molecule has 1 unspecified atom stereocenters. The highest BCUT2D eigenvalue weighted by Crippen LogP contribution is 2.34. The first kappa shape index (κ1) is 18.0. The molecule has 1 aromatic heterocycles. The second-order valence-corrected chi connectivity index (χ2v) is 7.78. The van der Waals surface area contributed by atoms with Crippen LogP contribution in [0.5, 0.6) is 11.5 Å². The Morgan fingerprint density at radius 1 is 1.33 bits per heavy atom. The smallest absolute Gasteiger partial charge is 0.251 e. The van der Waals surface area contributed by atoms with E-state index in [1.165, 1.54) is 11.3 Å². The molecule has 0 saturated carbocycles. The highest BCUT2D eigenvalue weighted by Gasteiger charge is 2.24. The van der Waals surface area contributed by atoms with E-state index < -0.39 is 0 Å². The number of aromatic nitrogens is 1. The summed E-state index contributed by atoms with van der Waals surface area (Å²) in [7, 11) is 0. The Balaban J connectivity index is 1.46. The lowest BCUT2D eigenvalue weighted by Gasteiger charge is -2.27. The first-order chi connectivity index (χ1) is 13.2. The lowest BCUT2D eigenvalue weighted by Crippen LogP contribution is -2.32. The predicted octanol–water partition coefficient (Wildman–Crippen LogP) is 4.74. The van der Waals surface area contributed by atoms with Gasteiger partial charge in [-0.15, -0.1) is 11.3 Å². The minimum absolute atomic E-state index is 0.0849. The molecule has 2 heterocycles. The van der Waals surface area contributed by atoms with Crippen molar-refractivity contribution in [3.63, 3.8) is 0 Å². The van der Waals surface area contributed by atoms with E-state index in [0.29, 0.717) is 24.5 Å². The third-order valence-electron chi connectivity index (χ3n) is 4.28. The van der Waals surface area contributed by atoms with Crippen LogP contribution >= 0.6 is 27.3 Å². The molecule has 3 aromatic rings. The molecule has 1 amide bonds. The Kier molecular flexibility index (Phi) is 5.40. The summed E-state index contributed by atoms with van der Waals surface area (Å²) in [6, 6.07) is 13.0. The summed E-state index contributed by atoms with van der Waals surface area (Å²) in [5.74, 6) is 1.33. The fourth-order valence-electron chi connectivity index (χ4n) is 2.95. The van der Waals surface area contributed by atoms with Crippen LogP contribution in [0, 0.1) is 0 Å². The zero-order valence-corrected chi connectivity index (χ0v) is 16.8. The van der Waals surface area contributed by atoms with Crippen molar-refractivity contribution in [2.75, 3.05) is 6.61 Å². The molecule has 0 bridgehead atoms. The molecule has 1 N–H and O–H groups in total. The average molecular weight is 445 g/mol.